The third-order valence-electron chi connectivity index (χ3n) is 3.42. The summed E-state index contributed by atoms with van der Waals surface area (Å²) in [7, 11) is 1.67. The average Bonchev–Trinajstić information content (AvgIpc) is 2.85. The molecule has 5 nitrogen and oxygen atoms in total. The Morgan fingerprint density at radius 1 is 1.33 bits per heavy atom. The van der Waals surface area contributed by atoms with Crippen LogP contribution in [-0.4, -0.2) is 21.9 Å². The van der Waals surface area contributed by atoms with Crippen LogP contribution in [0.4, 0.5) is 0 Å². The topological polar surface area (TPSA) is 66.0 Å². The van der Waals surface area contributed by atoms with Crippen LogP contribution in [0.25, 0.3) is 0 Å². The van der Waals surface area contributed by atoms with Gasteiger partial charge in [-0.1, -0.05) is 31.5 Å². The molecule has 114 valence electrons. The summed E-state index contributed by atoms with van der Waals surface area (Å²) in [6.45, 7) is 7.23. The minimum Gasteiger partial charge on any atom is -0.496 e. The molecule has 0 radical (unpaired) electrons. The van der Waals surface area contributed by atoms with E-state index in [0.717, 1.165) is 23.7 Å². The standard InChI is InChI=1S/C16H24N4O/c1-11(2)9-20-16(18-10-19-20)8-14(17)13-7-12(3)5-6-15(13)21-4/h5-7,10-11,14H,8-9,17H2,1-4H3. The Balaban J connectivity index is 2.20. The van der Waals surface area contributed by atoms with Gasteiger partial charge in [0.2, 0.25) is 0 Å². The maximum absolute atomic E-state index is 6.37. The SMILES string of the molecule is COc1ccc(C)cc1C(N)Cc1ncnn1CC(C)C. The summed E-state index contributed by atoms with van der Waals surface area (Å²) in [5.74, 6) is 2.26. The van der Waals surface area contributed by atoms with Crippen LogP contribution in [0.2, 0.25) is 0 Å². The molecule has 1 heterocycles. The molecule has 5 heteroatoms. The van der Waals surface area contributed by atoms with Crippen molar-refractivity contribution in [1.82, 2.24) is 14.8 Å². The lowest BCUT2D eigenvalue weighted by Gasteiger charge is -2.17. The molecule has 0 aliphatic carbocycles. The average molecular weight is 288 g/mol. The molecule has 0 spiro atoms. The minimum absolute atomic E-state index is 0.157. The quantitative estimate of drug-likeness (QED) is 0.887. The fraction of sp³-hybridized carbons (Fsp3) is 0.500. The van der Waals surface area contributed by atoms with Gasteiger partial charge in [0.05, 0.1) is 7.11 Å². The van der Waals surface area contributed by atoms with Crippen molar-refractivity contribution in [2.45, 2.75) is 39.8 Å². The summed E-state index contributed by atoms with van der Waals surface area (Å²) in [6, 6.07) is 5.90. The first-order valence-corrected chi connectivity index (χ1v) is 7.28. The molecule has 2 aromatic rings. The maximum Gasteiger partial charge on any atom is 0.138 e. The zero-order valence-corrected chi connectivity index (χ0v) is 13.2. The molecule has 0 amide bonds. The van der Waals surface area contributed by atoms with E-state index in [9.17, 15) is 0 Å². The molecule has 1 unspecified atom stereocenters. The predicted molar refractivity (Wildman–Crippen MR) is 83.2 cm³/mol. The Labute approximate surface area is 126 Å². The summed E-state index contributed by atoms with van der Waals surface area (Å²) in [4.78, 5) is 4.34. The third-order valence-corrected chi connectivity index (χ3v) is 3.42. The summed E-state index contributed by atoms with van der Waals surface area (Å²) in [5.41, 5.74) is 8.55. The van der Waals surface area contributed by atoms with Gasteiger partial charge in [-0.25, -0.2) is 9.67 Å². The molecular formula is C16H24N4O. The molecule has 0 aliphatic rings. The minimum atomic E-state index is -0.157. The van der Waals surface area contributed by atoms with Gasteiger partial charge in [-0.05, 0) is 18.9 Å². The van der Waals surface area contributed by atoms with Gasteiger partial charge < -0.3 is 10.5 Å². The van der Waals surface area contributed by atoms with Crippen LogP contribution in [0.15, 0.2) is 24.5 Å². The van der Waals surface area contributed by atoms with Crippen LogP contribution in [0.3, 0.4) is 0 Å². The van der Waals surface area contributed by atoms with Crippen molar-refractivity contribution in [1.29, 1.82) is 0 Å². The summed E-state index contributed by atoms with van der Waals surface area (Å²) in [5, 5.41) is 4.28. The lowest BCUT2D eigenvalue weighted by atomic mass is 10.0. The van der Waals surface area contributed by atoms with E-state index in [1.165, 1.54) is 5.56 Å². The van der Waals surface area contributed by atoms with E-state index < -0.39 is 0 Å². The summed E-state index contributed by atoms with van der Waals surface area (Å²) in [6.07, 6.45) is 2.24. The molecule has 0 fully saturated rings. The van der Waals surface area contributed by atoms with E-state index in [1.54, 1.807) is 13.4 Å². The highest BCUT2D eigenvalue weighted by Crippen LogP contribution is 2.26. The largest absolute Gasteiger partial charge is 0.496 e. The number of nitrogens with two attached hydrogens (primary N) is 1. The number of nitrogens with zero attached hydrogens (tertiary/aromatic N) is 3. The zero-order valence-electron chi connectivity index (χ0n) is 13.2. The predicted octanol–water partition coefficient (Wildman–Crippen LogP) is 2.49. The Hall–Kier alpha value is -1.88. The van der Waals surface area contributed by atoms with Crippen LogP contribution in [-0.2, 0) is 13.0 Å². The van der Waals surface area contributed by atoms with Crippen molar-refractivity contribution in [2.75, 3.05) is 7.11 Å². The number of aryl methyl sites for hydroxylation is 1. The van der Waals surface area contributed by atoms with E-state index in [-0.39, 0.29) is 6.04 Å². The molecule has 0 saturated carbocycles. The van der Waals surface area contributed by atoms with E-state index >= 15 is 0 Å². The summed E-state index contributed by atoms with van der Waals surface area (Å²) < 4.78 is 7.35. The second-order valence-electron chi connectivity index (χ2n) is 5.81. The molecule has 1 aromatic heterocycles. The third kappa shape index (κ3) is 3.82. The monoisotopic (exact) mass is 288 g/mol. The van der Waals surface area contributed by atoms with Crippen LogP contribution in [0, 0.1) is 12.8 Å². The van der Waals surface area contributed by atoms with Crippen molar-refractivity contribution >= 4 is 0 Å². The van der Waals surface area contributed by atoms with Gasteiger partial charge in [-0.2, -0.15) is 5.10 Å². The Morgan fingerprint density at radius 2 is 2.10 bits per heavy atom. The second kappa shape index (κ2) is 6.72. The number of rotatable bonds is 6. The molecule has 0 aliphatic heterocycles. The number of aromatic nitrogens is 3. The number of ether oxygens (including phenoxy) is 1. The van der Waals surface area contributed by atoms with Gasteiger partial charge in [-0.3, -0.25) is 0 Å². The van der Waals surface area contributed by atoms with Gasteiger partial charge in [0.25, 0.3) is 0 Å². The normalized spacial score (nSPS) is 12.7. The Kier molecular flexibility index (Phi) is 4.96. The second-order valence-corrected chi connectivity index (χ2v) is 5.81. The van der Waals surface area contributed by atoms with Crippen molar-refractivity contribution in [2.24, 2.45) is 11.7 Å². The zero-order chi connectivity index (χ0) is 15.4. The number of hydrogen-bond acceptors (Lipinski definition) is 4. The van der Waals surface area contributed by atoms with Crippen molar-refractivity contribution in [3.63, 3.8) is 0 Å². The molecule has 1 atom stereocenters. The van der Waals surface area contributed by atoms with Gasteiger partial charge in [0.15, 0.2) is 0 Å². The highest BCUT2D eigenvalue weighted by atomic mass is 16.5. The molecule has 0 bridgehead atoms. The lowest BCUT2D eigenvalue weighted by Crippen LogP contribution is -2.19. The Bertz CT molecular complexity index is 592. The first-order valence-electron chi connectivity index (χ1n) is 7.28. The maximum atomic E-state index is 6.37. The first-order chi connectivity index (χ1) is 10.0. The number of methoxy groups -OCH3 is 1. The van der Waals surface area contributed by atoms with Gasteiger partial charge in [0, 0.05) is 24.6 Å². The first kappa shape index (κ1) is 15.5. The van der Waals surface area contributed by atoms with E-state index in [1.807, 2.05) is 16.8 Å². The van der Waals surface area contributed by atoms with Crippen molar-refractivity contribution in [3.05, 3.63) is 41.5 Å². The molecule has 0 saturated heterocycles. The number of benzene rings is 1. The van der Waals surface area contributed by atoms with Gasteiger partial charge in [-0.15, -0.1) is 0 Å². The summed E-state index contributed by atoms with van der Waals surface area (Å²) >= 11 is 0. The fourth-order valence-electron chi connectivity index (χ4n) is 2.39. The van der Waals surface area contributed by atoms with Crippen LogP contribution >= 0.6 is 0 Å². The molecule has 2 N–H and O–H groups in total. The van der Waals surface area contributed by atoms with E-state index in [0.29, 0.717) is 12.3 Å². The van der Waals surface area contributed by atoms with Gasteiger partial charge >= 0.3 is 0 Å². The number of hydrogen-bond donors (Lipinski definition) is 1. The van der Waals surface area contributed by atoms with Crippen molar-refractivity contribution in [3.8, 4) is 5.75 Å². The highest BCUT2D eigenvalue weighted by molar-refractivity contribution is 5.39. The molecular weight excluding hydrogens is 264 g/mol. The Morgan fingerprint density at radius 3 is 2.76 bits per heavy atom. The smallest absolute Gasteiger partial charge is 0.138 e. The fourth-order valence-corrected chi connectivity index (χ4v) is 2.39. The molecule has 1 aromatic carbocycles. The molecule has 2 rings (SSSR count). The molecule has 21 heavy (non-hydrogen) atoms. The lowest BCUT2D eigenvalue weighted by molar-refractivity contribution is 0.403. The van der Waals surface area contributed by atoms with E-state index in [4.69, 9.17) is 10.5 Å². The van der Waals surface area contributed by atoms with Crippen LogP contribution < -0.4 is 10.5 Å². The van der Waals surface area contributed by atoms with Crippen LogP contribution in [0.5, 0.6) is 5.75 Å². The van der Waals surface area contributed by atoms with Crippen LogP contribution in [0.1, 0.15) is 36.8 Å². The van der Waals surface area contributed by atoms with E-state index in [2.05, 4.69) is 36.9 Å². The van der Waals surface area contributed by atoms with Crippen molar-refractivity contribution < 1.29 is 4.74 Å². The van der Waals surface area contributed by atoms with Gasteiger partial charge in [0.1, 0.15) is 17.9 Å². The highest BCUT2D eigenvalue weighted by Gasteiger charge is 2.16.